The molecule has 3 aromatic carbocycles. The molecule has 1 aromatic heterocycles. The molecule has 57 heavy (non-hydrogen) atoms. The zero-order chi connectivity index (χ0) is 40.1. The Kier molecular flexibility index (Phi) is 9.54. The van der Waals surface area contributed by atoms with E-state index in [2.05, 4.69) is 64.0 Å². The van der Waals surface area contributed by atoms with Crippen LogP contribution in [0.2, 0.25) is 0 Å². The van der Waals surface area contributed by atoms with Crippen LogP contribution in [0, 0.1) is 0 Å². The quantitative estimate of drug-likeness (QED) is 0.146. The second kappa shape index (κ2) is 14.5. The van der Waals surface area contributed by atoms with Crippen molar-refractivity contribution in [2.24, 2.45) is 0 Å². The predicted molar refractivity (Wildman–Crippen MR) is 207 cm³/mol. The zero-order valence-electron chi connectivity index (χ0n) is 31.8. The lowest BCUT2D eigenvalue weighted by molar-refractivity contribution is -0.136. The van der Waals surface area contributed by atoms with Gasteiger partial charge in [-0.25, -0.2) is 14.8 Å². The SMILES string of the molecule is CC1(NC(=O)O)CN(c2nccc(COc3ccc(C(C)(C)c4ccc(OC5CC(Nc6ccc7c(c6)C(=O)N(C6CCC(=O)NC6=O)C7=O)C5)cc4)cc3)n2)C1. The summed E-state index contributed by atoms with van der Waals surface area (Å²) in [5, 5.41) is 17.2. The normalized spacial score (nSPS) is 21.2. The summed E-state index contributed by atoms with van der Waals surface area (Å²) in [6.45, 7) is 7.44. The van der Waals surface area contributed by atoms with E-state index in [1.54, 1.807) is 30.5 Å². The number of benzene rings is 3. The maximum Gasteiger partial charge on any atom is 0.405 e. The van der Waals surface area contributed by atoms with Gasteiger partial charge in [-0.15, -0.1) is 0 Å². The number of piperidine rings is 1. The average Bonchev–Trinajstić information content (AvgIpc) is 3.40. The van der Waals surface area contributed by atoms with Gasteiger partial charge in [-0.1, -0.05) is 38.1 Å². The van der Waals surface area contributed by atoms with Gasteiger partial charge >= 0.3 is 6.09 Å². The van der Waals surface area contributed by atoms with Crippen LogP contribution in [-0.2, 0) is 21.6 Å². The summed E-state index contributed by atoms with van der Waals surface area (Å²) in [6.07, 6.45) is 2.37. The lowest BCUT2D eigenvalue weighted by Gasteiger charge is -2.47. The summed E-state index contributed by atoms with van der Waals surface area (Å²) in [6, 6.07) is 22.1. The van der Waals surface area contributed by atoms with Crippen molar-refractivity contribution in [2.75, 3.05) is 23.3 Å². The molecule has 2 saturated heterocycles. The molecule has 15 nitrogen and oxygen atoms in total. The number of carboxylic acid groups (broad SMARTS) is 1. The summed E-state index contributed by atoms with van der Waals surface area (Å²) >= 11 is 0. The standard InChI is InChI=1S/C42H43N7O8/c1-41(2,24-4-9-29(10-5-24)56-21-27-16-17-43-39(45-27)48-22-42(3,23-48)47-40(54)55)25-6-11-30(12-7-25)57-31-18-28(19-31)44-26-8-13-32-33(20-26)38(53)49(37(32)52)34-14-15-35(50)46-36(34)51/h4-13,16-17,20,28,31,34,44,47H,14-15,18-19,21-23H2,1-3H3,(H,54,55)(H,46,50,51). The molecule has 4 heterocycles. The number of nitrogens with one attached hydrogen (secondary N) is 3. The molecule has 0 radical (unpaired) electrons. The van der Waals surface area contributed by atoms with E-state index in [0.717, 1.165) is 40.3 Å². The number of anilines is 2. The topological polar surface area (TPSA) is 192 Å². The highest BCUT2D eigenvalue weighted by molar-refractivity contribution is 6.23. The third-order valence-corrected chi connectivity index (χ3v) is 11.2. The smallest absolute Gasteiger partial charge is 0.405 e. The van der Waals surface area contributed by atoms with Crippen LogP contribution in [0.4, 0.5) is 16.4 Å². The van der Waals surface area contributed by atoms with Crippen molar-refractivity contribution in [3.8, 4) is 11.5 Å². The minimum atomic E-state index is -1.05. The average molecular weight is 774 g/mol. The van der Waals surface area contributed by atoms with Crippen molar-refractivity contribution in [1.29, 1.82) is 0 Å². The summed E-state index contributed by atoms with van der Waals surface area (Å²) < 4.78 is 12.3. The third kappa shape index (κ3) is 7.56. The Morgan fingerprint density at radius 1 is 0.930 bits per heavy atom. The van der Waals surface area contributed by atoms with Crippen molar-refractivity contribution in [3.63, 3.8) is 0 Å². The second-order valence-electron chi connectivity index (χ2n) is 15.9. The third-order valence-electron chi connectivity index (χ3n) is 11.2. The second-order valence-corrected chi connectivity index (χ2v) is 15.9. The molecule has 4 N–H and O–H groups in total. The Bertz CT molecular complexity index is 2250. The van der Waals surface area contributed by atoms with Crippen LogP contribution in [0.5, 0.6) is 11.5 Å². The molecule has 294 valence electrons. The van der Waals surface area contributed by atoms with Gasteiger partial charge in [0, 0.05) is 55.7 Å². The van der Waals surface area contributed by atoms with E-state index in [9.17, 15) is 24.0 Å². The van der Waals surface area contributed by atoms with Crippen molar-refractivity contribution in [2.45, 2.75) is 82.2 Å². The van der Waals surface area contributed by atoms with E-state index in [1.807, 2.05) is 36.1 Å². The zero-order valence-corrected chi connectivity index (χ0v) is 31.8. The largest absolute Gasteiger partial charge is 0.490 e. The van der Waals surface area contributed by atoms with Gasteiger partial charge in [-0.05, 0) is 73.0 Å². The van der Waals surface area contributed by atoms with Crippen LogP contribution in [0.25, 0.3) is 0 Å². The molecule has 4 aliphatic rings. The fraction of sp³-hybridized carbons (Fsp3) is 0.357. The molecular formula is C42H43N7O8. The van der Waals surface area contributed by atoms with Gasteiger partial charge in [0.1, 0.15) is 30.3 Å². The van der Waals surface area contributed by atoms with E-state index in [1.165, 1.54) is 0 Å². The number of hydrogen-bond donors (Lipinski definition) is 4. The number of imide groups is 2. The Morgan fingerprint density at radius 3 is 2.26 bits per heavy atom. The highest BCUT2D eigenvalue weighted by Gasteiger charge is 2.45. The van der Waals surface area contributed by atoms with Gasteiger partial charge < -0.3 is 30.1 Å². The number of hydrogen-bond acceptors (Lipinski definition) is 11. The summed E-state index contributed by atoms with van der Waals surface area (Å²) in [4.78, 5) is 73.0. The molecule has 5 amide bonds. The molecule has 3 aliphatic heterocycles. The van der Waals surface area contributed by atoms with Crippen LogP contribution >= 0.6 is 0 Å². The van der Waals surface area contributed by atoms with E-state index in [0.29, 0.717) is 30.5 Å². The molecule has 0 bridgehead atoms. The Hall–Kier alpha value is -6.51. The van der Waals surface area contributed by atoms with Crippen molar-refractivity contribution in [3.05, 3.63) is 107 Å². The monoisotopic (exact) mass is 773 g/mol. The van der Waals surface area contributed by atoms with Gasteiger partial charge in [-0.3, -0.25) is 29.4 Å². The molecule has 1 aliphatic carbocycles. The highest BCUT2D eigenvalue weighted by atomic mass is 16.5. The lowest BCUT2D eigenvalue weighted by Crippen LogP contribution is -2.69. The molecule has 1 saturated carbocycles. The molecule has 1 unspecified atom stereocenters. The van der Waals surface area contributed by atoms with Gasteiger partial charge in [0.2, 0.25) is 17.8 Å². The van der Waals surface area contributed by atoms with Crippen molar-refractivity contribution < 1.29 is 38.6 Å². The molecule has 15 heteroatoms. The molecule has 3 fully saturated rings. The van der Waals surface area contributed by atoms with Crippen molar-refractivity contribution in [1.82, 2.24) is 25.5 Å². The Morgan fingerprint density at radius 2 is 1.60 bits per heavy atom. The fourth-order valence-corrected chi connectivity index (χ4v) is 7.90. The van der Waals surface area contributed by atoms with Crippen LogP contribution in [-0.4, -0.2) is 86.5 Å². The maximum atomic E-state index is 13.2. The number of fused-ring (bicyclic) bond motifs is 1. The van der Waals surface area contributed by atoms with Crippen LogP contribution in [0.1, 0.15) is 84.0 Å². The van der Waals surface area contributed by atoms with E-state index < -0.39 is 41.3 Å². The molecule has 0 spiro atoms. The highest BCUT2D eigenvalue weighted by Crippen LogP contribution is 2.36. The number of carbonyl (C=O) groups excluding carboxylic acids is 4. The minimum Gasteiger partial charge on any atom is -0.490 e. The number of carbonyl (C=O) groups is 5. The van der Waals surface area contributed by atoms with Gasteiger partial charge in [0.25, 0.3) is 11.8 Å². The molecule has 1 atom stereocenters. The van der Waals surface area contributed by atoms with Gasteiger partial charge in [0.05, 0.1) is 22.4 Å². The number of amides is 5. The van der Waals surface area contributed by atoms with Crippen LogP contribution in [0.3, 0.4) is 0 Å². The summed E-state index contributed by atoms with van der Waals surface area (Å²) in [5.41, 5.74) is 3.37. The number of ether oxygens (including phenoxy) is 2. The number of aromatic nitrogens is 2. The van der Waals surface area contributed by atoms with Gasteiger partial charge in [0.15, 0.2) is 0 Å². The first-order chi connectivity index (χ1) is 27.2. The van der Waals surface area contributed by atoms with E-state index in [-0.39, 0.29) is 48.1 Å². The fourth-order valence-electron chi connectivity index (χ4n) is 7.90. The van der Waals surface area contributed by atoms with Crippen molar-refractivity contribution >= 4 is 41.4 Å². The minimum absolute atomic E-state index is 0.0242. The molecule has 8 rings (SSSR count). The number of nitrogens with zero attached hydrogens (tertiary/aromatic N) is 4. The first kappa shape index (κ1) is 37.4. The molecular weight excluding hydrogens is 731 g/mol. The van der Waals surface area contributed by atoms with Gasteiger partial charge in [-0.2, -0.15) is 0 Å². The Labute approximate surface area is 328 Å². The number of rotatable bonds is 12. The van der Waals surface area contributed by atoms with E-state index in [4.69, 9.17) is 14.6 Å². The molecule has 4 aromatic rings. The first-order valence-corrected chi connectivity index (χ1v) is 19.0. The van der Waals surface area contributed by atoms with Crippen LogP contribution < -0.4 is 30.3 Å². The maximum absolute atomic E-state index is 13.2. The van der Waals surface area contributed by atoms with Crippen LogP contribution in [0.15, 0.2) is 79.0 Å². The predicted octanol–water partition coefficient (Wildman–Crippen LogP) is 4.65. The summed E-state index contributed by atoms with van der Waals surface area (Å²) in [5.74, 6) is -0.0572. The summed E-state index contributed by atoms with van der Waals surface area (Å²) in [7, 11) is 0. The lowest BCUT2D eigenvalue weighted by atomic mass is 9.78. The first-order valence-electron chi connectivity index (χ1n) is 19.0. The van der Waals surface area contributed by atoms with E-state index >= 15 is 0 Å². The Balaban J connectivity index is 0.804.